The predicted molar refractivity (Wildman–Crippen MR) is 77.8 cm³/mol. The minimum Gasteiger partial charge on any atom is -0.481 e. The molecule has 0 heterocycles. The van der Waals surface area contributed by atoms with Gasteiger partial charge in [0, 0.05) is 19.1 Å². The van der Waals surface area contributed by atoms with Gasteiger partial charge in [0.2, 0.25) is 0 Å². The summed E-state index contributed by atoms with van der Waals surface area (Å²) in [6.07, 6.45) is 2.92. The number of hydrogen-bond donors (Lipinski definition) is 2. The fraction of sp³-hybridized carbons (Fsp3) is 0.857. The maximum Gasteiger partial charge on any atom is 0.317 e. The van der Waals surface area contributed by atoms with Gasteiger partial charge in [0.05, 0.1) is 6.42 Å². The molecule has 2 amide bonds. The molecule has 0 aromatic heterocycles. The standard InChI is InChI=1S/C14H27N3O3/c1-3-16(4-2)10-5-9-15-14(20)17(12-6-7-12)11-8-13(18)19/h12H,3-11H2,1-2H3,(H,15,20)(H,18,19). The van der Waals surface area contributed by atoms with Crippen LogP contribution in [0.4, 0.5) is 4.79 Å². The molecule has 1 aliphatic carbocycles. The van der Waals surface area contributed by atoms with Crippen molar-refractivity contribution in [1.29, 1.82) is 0 Å². The average Bonchev–Trinajstić information content (AvgIpc) is 3.23. The topological polar surface area (TPSA) is 72.9 Å². The molecule has 0 unspecified atom stereocenters. The first-order valence-corrected chi connectivity index (χ1v) is 7.57. The molecule has 6 heteroatoms. The Kier molecular flexibility index (Phi) is 7.36. The van der Waals surface area contributed by atoms with Gasteiger partial charge in [-0.1, -0.05) is 13.8 Å². The van der Waals surface area contributed by atoms with Gasteiger partial charge < -0.3 is 20.2 Å². The van der Waals surface area contributed by atoms with Crippen molar-refractivity contribution < 1.29 is 14.7 Å². The molecular formula is C14H27N3O3. The van der Waals surface area contributed by atoms with Crippen LogP contribution in [0.25, 0.3) is 0 Å². The lowest BCUT2D eigenvalue weighted by Crippen LogP contribution is -2.43. The highest BCUT2D eigenvalue weighted by atomic mass is 16.4. The summed E-state index contributed by atoms with van der Waals surface area (Å²) in [5.41, 5.74) is 0. The molecule has 1 saturated carbocycles. The van der Waals surface area contributed by atoms with Crippen molar-refractivity contribution in [3.63, 3.8) is 0 Å². The van der Waals surface area contributed by atoms with Gasteiger partial charge in [-0.25, -0.2) is 4.79 Å². The number of nitrogens with one attached hydrogen (secondary N) is 1. The van der Waals surface area contributed by atoms with Gasteiger partial charge in [0.15, 0.2) is 0 Å². The first-order chi connectivity index (χ1) is 9.58. The second-order valence-corrected chi connectivity index (χ2v) is 5.18. The molecule has 20 heavy (non-hydrogen) atoms. The lowest BCUT2D eigenvalue weighted by Gasteiger charge is -2.23. The Balaban J connectivity index is 2.23. The van der Waals surface area contributed by atoms with E-state index in [-0.39, 0.29) is 18.5 Å². The van der Waals surface area contributed by atoms with Crippen LogP contribution in [0.1, 0.15) is 39.5 Å². The molecular weight excluding hydrogens is 258 g/mol. The van der Waals surface area contributed by atoms with Gasteiger partial charge in [-0.15, -0.1) is 0 Å². The molecule has 6 nitrogen and oxygen atoms in total. The van der Waals surface area contributed by atoms with E-state index < -0.39 is 5.97 Å². The third kappa shape index (κ3) is 6.23. The van der Waals surface area contributed by atoms with Crippen LogP contribution >= 0.6 is 0 Å². The minimum absolute atomic E-state index is 0.0172. The number of amides is 2. The first kappa shape index (κ1) is 16.8. The van der Waals surface area contributed by atoms with Gasteiger partial charge in [0.25, 0.3) is 0 Å². The quantitative estimate of drug-likeness (QED) is 0.595. The van der Waals surface area contributed by atoms with Crippen LogP contribution in [0.2, 0.25) is 0 Å². The Bertz CT molecular complexity index is 315. The van der Waals surface area contributed by atoms with Crippen LogP contribution in [0.15, 0.2) is 0 Å². The zero-order valence-electron chi connectivity index (χ0n) is 12.6. The maximum absolute atomic E-state index is 12.0. The zero-order chi connectivity index (χ0) is 15.0. The Hall–Kier alpha value is -1.30. The maximum atomic E-state index is 12.0. The molecule has 0 aliphatic heterocycles. The van der Waals surface area contributed by atoms with Crippen LogP contribution in [-0.2, 0) is 4.79 Å². The summed E-state index contributed by atoms with van der Waals surface area (Å²) in [5, 5.41) is 11.6. The van der Waals surface area contributed by atoms with E-state index in [2.05, 4.69) is 24.1 Å². The monoisotopic (exact) mass is 285 g/mol. The van der Waals surface area contributed by atoms with Crippen LogP contribution in [0.3, 0.4) is 0 Å². The van der Waals surface area contributed by atoms with Crippen LogP contribution in [0, 0.1) is 0 Å². The summed E-state index contributed by atoms with van der Waals surface area (Å²) in [4.78, 5) is 26.6. The molecule has 0 atom stereocenters. The van der Waals surface area contributed by atoms with E-state index in [9.17, 15) is 9.59 Å². The molecule has 1 rings (SSSR count). The van der Waals surface area contributed by atoms with Crippen LogP contribution in [0.5, 0.6) is 0 Å². The van der Waals surface area contributed by atoms with Gasteiger partial charge in [-0.2, -0.15) is 0 Å². The van der Waals surface area contributed by atoms with Crippen molar-refractivity contribution in [2.75, 3.05) is 32.7 Å². The summed E-state index contributed by atoms with van der Waals surface area (Å²) in [5.74, 6) is -0.856. The number of urea groups is 1. The summed E-state index contributed by atoms with van der Waals surface area (Å²) in [6.45, 7) is 8.24. The zero-order valence-corrected chi connectivity index (χ0v) is 12.6. The number of carbonyl (C=O) groups is 2. The van der Waals surface area contributed by atoms with Crippen molar-refractivity contribution in [1.82, 2.24) is 15.1 Å². The number of carboxylic acids is 1. The van der Waals surface area contributed by atoms with Crippen LogP contribution in [-0.4, -0.2) is 65.7 Å². The third-order valence-electron chi connectivity index (χ3n) is 3.64. The average molecular weight is 285 g/mol. The van der Waals surface area contributed by atoms with Gasteiger partial charge >= 0.3 is 12.0 Å². The third-order valence-corrected chi connectivity index (χ3v) is 3.64. The number of aliphatic carboxylic acids is 1. The lowest BCUT2D eigenvalue weighted by molar-refractivity contribution is -0.137. The van der Waals surface area contributed by atoms with E-state index in [1.165, 1.54) is 0 Å². The van der Waals surface area contributed by atoms with Crippen molar-refractivity contribution >= 4 is 12.0 Å². The van der Waals surface area contributed by atoms with Crippen LogP contribution < -0.4 is 5.32 Å². The fourth-order valence-electron chi connectivity index (χ4n) is 2.19. The molecule has 1 aliphatic rings. The van der Waals surface area contributed by atoms with E-state index >= 15 is 0 Å². The summed E-state index contributed by atoms with van der Waals surface area (Å²) in [7, 11) is 0. The molecule has 0 radical (unpaired) electrons. The van der Waals surface area contributed by atoms with Crippen molar-refractivity contribution in [3.05, 3.63) is 0 Å². The highest BCUT2D eigenvalue weighted by molar-refractivity contribution is 5.76. The molecule has 2 N–H and O–H groups in total. The highest BCUT2D eigenvalue weighted by Crippen LogP contribution is 2.26. The smallest absolute Gasteiger partial charge is 0.317 e. The van der Waals surface area contributed by atoms with E-state index in [0.717, 1.165) is 38.9 Å². The predicted octanol–water partition coefficient (Wildman–Crippen LogP) is 1.37. The fourth-order valence-corrected chi connectivity index (χ4v) is 2.19. The summed E-state index contributed by atoms with van der Waals surface area (Å²) in [6, 6.07) is 0.130. The number of nitrogens with zero attached hydrogens (tertiary/aromatic N) is 2. The SMILES string of the molecule is CCN(CC)CCCNC(=O)N(CCC(=O)O)C1CC1. The minimum atomic E-state index is -0.856. The van der Waals surface area contributed by atoms with Crippen molar-refractivity contribution in [2.24, 2.45) is 0 Å². The second-order valence-electron chi connectivity index (χ2n) is 5.18. The largest absolute Gasteiger partial charge is 0.481 e. The summed E-state index contributed by atoms with van der Waals surface area (Å²) >= 11 is 0. The Morgan fingerprint density at radius 2 is 1.85 bits per heavy atom. The lowest BCUT2D eigenvalue weighted by atomic mass is 10.3. The highest BCUT2D eigenvalue weighted by Gasteiger charge is 2.32. The Morgan fingerprint density at radius 1 is 1.20 bits per heavy atom. The summed E-state index contributed by atoms with van der Waals surface area (Å²) < 4.78 is 0. The molecule has 116 valence electrons. The number of carboxylic acid groups (broad SMARTS) is 1. The van der Waals surface area contributed by atoms with Gasteiger partial charge in [0.1, 0.15) is 0 Å². The van der Waals surface area contributed by atoms with E-state index in [4.69, 9.17) is 5.11 Å². The Labute approximate surface area is 121 Å². The van der Waals surface area contributed by atoms with E-state index in [1.54, 1.807) is 4.90 Å². The number of hydrogen-bond acceptors (Lipinski definition) is 3. The molecule has 0 aromatic rings. The van der Waals surface area contributed by atoms with Gasteiger partial charge in [-0.05, 0) is 38.9 Å². The van der Waals surface area contributed by atoms with Crippen molar-refractivity contribution in [3.8, 4) is 0 Å². The normalized spacial score (nSPS) is 14.3. The molecule has 0 spiro atoms. The van der Waals surface area contributed by atoms with Crippen molar-refractivity contribution in [2.45, 2.75) is 45.6 Å². The molecule has 0 aromatic carbocycles. The van der Waals surface area contributed by atoms with E-state index in [1.807, 2.05) is 0 Å². The van der Waals surface area contributed by atoms with Gasteiger partial charge in [-0.3, -0.25) is 4.79 Å². The number of rotatable bonds is 10. The molecule has 0 saturated heterocycles. The molecule has 0 bridgehead atoms. The Morgan fingerprint density at radius 3 is 2.35 bits per heavy atom. The molecule has 1 fully saturated rings. The second kappa shape index (κ2) is 8.79. The first-order valence-electron chi connectivity index (χ1n) is 7.57. The number of carbonyl (C=O) groups excluding carboxylic acids is 1. The van der Waals surface area contributed by atoms with E-state index in [0.29, 0.717) is 13.1 Å².